The number of fused-ring (bicyclic) bond motifs is 3. The van der Waals surface area contributed by atoms with Crippen molar-refractivity contribution in [2.75, 3.05) is 5.32 Å². The van der Waals surface area contributed by atoms with Crippen LogP contribution in [0.2, 0.25) is 0 Å². The lowest BCUT2D eigenvalue weighted by Gasteiger charge is -2.24. The van der Waals surface area contributed by atoms with Crippen LogP contribution in [0, 0.1) is 12.9 Å². The van der Waals surface area contributed by atoms with Gasteiger partial charge in [0.15, 0.2) is 11.5 Å². The Kier molecular flexibility index (Phi) is 4.53. The van der Waals surface area contributed by atoms with Crippen molar-refractivity contribution >= 4 is 17.2 Å². The Labute approximate surface area is 198 Å². The predicted molar refractivity (Wildman–Crippen MR) is 122 cm³/mol. The van der Waals surface area contributed by atoms with E-state index in [4.69, 9.17) is 0 Å². The standard InChI is InChI=1S/C23H21FN10O/c1-13-6-15(10-26-21(13)34-27-4-5-28-34)30-22(35)16-8-23(2,14-9-29-32(3)12-14)20-17(16)11-25-19-7-18(24)31-33(19)20/h4-7,9-12,16H,8H2,1-3H3,(H,30,35)/t16-,23-/m0/s1. The molecule has 0 saturated heterocycles. The Morgan fingerprint density at radius 3 is 2.66 bits per heavy atom. The van der Waals surface area contributed by atoms with Crippen molar-refractivity contribution in [1.29, 1.82) is 0 Å². The topological polar surface area (TPSA) is 121 Å². The molecule has 0 aromatic carbocycles. The summed E-state index contributed by atoms with van der Waals surface area (Å²) in [5.74, 6) is -0.790. The molecule has 5 aromatic rings. The Morgan fingerprint density at radius 1 is 1.14 bits per heavy atom. The van der Waals surface area contributed by atoms with Crippen LogP contribution < -0.4 is 5.32 Å². The van der Waals surface area contributed by atoms with E-state index in [0.717, 1.165) is 16.8 Å². The zero-order valence-corrected chi connectivity index (χ0v) is 19.2. The van der Waals surface area contributed by atoms with Crippen LogP contribution in [-0.4, -0.2) is 50.3 Å². The van der Waals surface area contributed by atoms with E-state index in [1.807, 2.05) is 33.2 Å². The number of rotatable bonds is 4. The fraction of sp³-hybridized carbons (Fsp3) is 0.261. The van der Waals surface area contributed by atoms with E-state index in [9.17, 15) is 9.18 Å². The number of hydrogen-bond acceptors (Lipinski definition) is 7. The van der Waals surface area contributed by atoms with Gasteiger partial charge in [-0.25, -0.2) is 14.5 Å². The lowest BCUT2D eigenvalue weighted by Crippen LogP contribution is -2.25. The molecule has 0 radical (unpaired) electrons. The first-order valence-corrected chi connectivity index (χ1v) is 11.0. The minimum atomic E-state index is -0.630. The Balaban J connectivity index is 1.38. The molecular weight excluding hydrogens is 451 g/mol. The highest BCUT2D eigenvalue weighted by molar-refractivity contribution is 5.97. The zero-order valence-electron chi connectivity index (χ0n) is 19.2. The largest absolute Gasteiger partial charge is 0.324 e. The third-order valence-electron chi connectivity index (χ3n) is 6.58. The van der Waals surface area contributed by atoms with Gasteiger partial charge in [0.2, 0.25) is 11.9 Å². The molecule has 0 unspecified atom stereocenters. The highest BCUT2D eigenvalue weighted by Gasteiger charge is 2.47. The molecule has 0 spiro atoms. The Hall–Kier alpha value is -4.48. The second-order valence-corrected chi connectivity index (χ2v) is 8.96. The van der Waals surface area contributed by atoms with Crippen molar-refractivity contribution < 1.29 is 9.18 Å². The summed E-state index contributed by atoms with van der Waals surface area (Å²) >= 11 is 0. The summed E-state index contributed by atoms with van der Waals surface area (Å²) in [4.78, 5) is 23.7. The summed E-state index contributed by atoms with van der Waals surface area (Å²) in [7, 11) is 1.83. The van der Waals surface area contributed by atoms with E-state index in [1.165, 1.54) is 15.4 Å². The first kappa shape index (κ1) is 21.1. The summed E-state index contributed by atoms with van der Waals surface area (Å²) in [5.41, 5.74) is 3.46. The third kappa shape index (κ3) is 3.28. The van der Waals surface area contributed by atoms with Crippen molar-refractivity contribution in [3.05, 3.63) is 77.6 Å². The van der Waals surface area contributed by atoms with Crippen LogP contribution in [0.3, 0.4) is 0 Å². The van der Waals surface area contributed by atoms with Crippen LogP contribution in [-0.2, 0) is 17.3 Å². The lowest BCUT2D eigenvalue weighted by molar-refractivity contribution is -0.117. The molecule has 0 fully saturated rings. The second kappa shape index (κ2) is 7.52. The SMILES string of the molecule is Cc1cc(NC(=O)[C@H]2C[C@@](C)(c3cnn(C)c3)c3c2cnc2cc(F)nn32)cnc1-n1nccn1. The highest BCUT2D eigenvalue weighted by Crippen LogP contribution is 2.49. The molecule has 6 rings (SSSR count). The number of nitrogens with one attached hydrogen (secondary N) is 1. The zero-order chi connectivity index (χ0) is 24.3. The van der Waals surface area contributed by atoms with Crippen LogP contribution in [0.5, 0.6) is 0 Å². The van der Waals surface area contributed by atoms with Crippen molar-refractivity contribution in [3.63, 3.8) is 0 Å². The molecule has 1 aliphatic rings. The minimum Gasteiger partial charge on any atom is -0.324 e. The van der Waals surface area contributed by atoms with Crippen molar-refractivity contribution in [2.24, 2.45) is 7.05 Å². The number of amides is 1. The smallest absolute Gasteiger partial charge is 0.235 e. The summed E-state index contributed by atoms with van der Waals surface area (Å²) in [6.45, 7) is 3.89. The minimum absolute atomic E-state index is 0.209. The first-order valence-electron chi connectivity index (χ1n) is 11.0. The molecule has 5 heterocycles. The van der Waals surface area contributed by atoms with Crippen LogP contribution in [0.15, 0.2) is 49.3 Å². The van der Waals surface area contributed by atoms with Gasteiger partial charge in [-0.2, -0.15) is 19.7 Å². The maximum Gasteiger partial charge on any atom is 0.235 e. The van der Waals surface area contributed by atoms with E-state index >= 15 is 0 Å². The van der Waals surface area contributed by atoms with Gasteiger partial charge in [-0.05, 0) is 31.9 Å². The van der Waals surface area contributed by atoms with Gasteiger partial charge in [0.1, 0.15) is 0 Å². The number of aromatic nitrogens is 9. The second-order valence-electron chi connectivity index (χ2n) is 8.96. The lowest BCUT2D eigenvalue weighted by atomic mass is 9.80. The summed E-state index contributed by atoms with van der Waals surface area (Å²) in [5, 5.41) is 19.6. The number of halogens is 1. The molecule has 5 aromatic heterocycles. The number of anilines is 1. The van der Waals surface area contributed by atoms with Gasteiger partial charge >= 0.3 is 0 Å². The van der Waals surface area contributed by atoms with Gasteiger partial charge < -0.3 is 5.32 Å². The average Bonchev–Trinajstić information content (AvgIpc) is 3.60. The maximum absolute atomic E-state index is 14.1. The van der Waals surface area contributed by atoms with Crippen molar-refractivity contribution in [1.82, 2.24) is 44.4 Å². The van der Waals surface area contributed by atoms with Crippen LogP contribution in [0.4, 0.5) is 10.1 Å². The van der Waals surface area contributed by atoms with Crippen LogP contribution in [0.25, 0.3) is 11.5 Å². The highest BCUT2D eigenvalue weighted by atomic mass is 19.1. The summed E-state index contributed by atoms with van der Waals surface area (Å²) in [6, 6.07) is 3.10. The molecule has 0 bridgehead atoms. The summed E-state index contributed by atoms with van der Waals surface area (Å²) in [6.07, 6.45) is 10.5. The molecule has 176 valence electrons. The third-order valence-corrected chi connectivity index (χ3v) is 6.58. The van der Waals surface area contributed by atoms with E-state index < -0.39 is 17.3 Å². The molecule has 2 atom stereocenters. The Bertz CT molecular complexity index is 1590. The molecular formula is C23H21FN10O. The van der Waals surface area contributed by atoms with Gasteiger partial charge in [-0.1, -0.05) is 0 Å². The maximum atomic E-state index is 14.1. The quantitative estimate of drug-likeness (QED) is 0.426. The molecule has 1 amide bonds. The predicted octanol–water partition coefficient (Wildman–Crippen LogP) is 2.32. The van der Waals surface area contributed by atoms with Gasteiger partial charge in [-0.3, -0.25) is 9.48 Å². The van der Waals surface area contributed by atoms with Crippen LogP contribution >= 0.6 is 0 Å². The number of pyridine rings is 1. The number of nitrogens with zero attached hydrogens (tertiary/aromatic N) is 9. The van der Waals surface area contributed by atoms with E-state index in [-0.39, 0.29) is 5.91 Å². The number of hydrogen-bond donors (Lipinski definition) is 1. The normalized spacial score (nSPS) is 19.3. The van der Waals surface area contributed by atoms with Gasteiger partial charge in [0.05, 0.1) is 42.1 Å². The van der Waals surface area contributed by atoms with Crippen molar-refractivity contribution in [3.8, 4) is 5.82 Å². The molecule has 12 heteroatoms. The van der Waals surface area contributed by atoms with Crippen LogP contribution in [0.1, 0.15) is 41.6 Å². The fourth-order valence-electron chi connectivity index (χ4n) is 4.94. The molecule has 0 saturated carbocycles. The molecule has 0 aliphatic heterocycles. The summed E-state index contributed by atoms with van der Waals surface area (Å²) < 4.78 is 17.3. The fourth-order valence-corrected chi connectivity index (χ4v) is 4.94. The van der Waals surface area contributed by atoms with Gasteiger partial charge in [-0.15, -0.1) is 9.90 Å². The van der Waals surface area contributed by atoms with Gasteiger partial charge in [0, 0.05) is 42.0 Å². The van der Waals surface area contributed by atoms with Gasteiger partial charge in [0.25, 0.3) is 0 Å². The van der Waals surface area contributed by atoms with E-state index in [2.05, 4.69) is 35.7 Å². The number of carbonyl (C=O) groups is 1. The van der Waals surface area contributed by atoms with E-state index in [1.54, 1.807) is 35.7 Å². The average molecular weight is 472 g/mol. The molecule has 1 N–H and O–H groups in total. The first-order chi connectivity index (χ1) is 16.8. The van der Waals surface area contributed by atoms with E-state index in [0.29, 0.717) is 29.1 Å². The molecule has 1 aliphatic carbocycles. The monoisotopic (exact) mass is 472 g/mol. The molecule has 35 heavy (non-hydrogen) atoms. The number of carbonyl (C=O) groups excluding carboxylic acids is 1. The van der Waals surface area contributed by atoms with Crippen molar-refractivity contribution in [2.45, 2.75) is 31.6 Å². The Morgan fingerprint density at radius 2 is 1.94 bits per heavy atom. The molecule has 11 nitrogen and oxygen atoms in total. The number of aryl methyl sites for hydroxylation is 2.